The standard InChI is InChI=1S/C15H24N4O2/c1-19(2)12-8-9-17-15(21-3)13(12)18-14(20)10-4-6-11(16)7-5-10/h8-11H,4-7,16H2,1-3H3,(H,18,20). The fourth-order valence-corrected chi connectivity index (χ4v) is 2.68. The van der Waals surface area contributed by atoms with Crippen LogP contribution in [0.5, 0.6) is 5.88 Å². The third-order valence-electron chi connectivity index (χ3n) is 3.96. The summed E-state index contributed by atoms with van der Waals surface area (Å²) < 4.78 is 5.27. The van der Waals surface area contributed by atoms with Gasteiger partial charge in [0.2, 0.25) is 11.8 Å². The molecule has 0 atom stereocenters. The molecule has 0 aromatic carbocycles. The van der Waals surface area contributed by atoms with Crippen molar-refractivity contribution in [3.8, 4) is 5.88 Å². The number of nitrogens with zero attached hydrogens (tertiary/aromatic N) is 2. The van der Waals surface area contributed by atoms with Gasteiger partial charge in [0.15, 0.2) is 0 Å². The van der Waals surface area contributed by atoms with Gasteiger partial charge in [0.25, 0.3) is 0 Å². The van der Waals surface area contributed by atoms with Crippen LogP contribution in [0.25, 0.3) is 0 Å². The van der Waals surface area contributed by atoms with Crippen LogP contribution in [-0.4, -0.2) is 38.1 Å². The van der Waals surface area contributed by atoms with Gasteiger partial charge in [-0.3, -0.25) is 4.79 Å². The van der Waals surface area contributed by atoms with Crippen LogP contribution in [0.1, 0.15) is 25.7 Å². The molecule has 0 bridgehead atoms. The summed E-state index contributed by atoms with van der Waals surface area (Å²) in [5.74, 6) is 0.475. The second-order valence-corrected chi connectivity index (χ2v) is 5.71. The highest BCUT2D eigenvalue weighted by Crippen LogP contribution is 2.33. The number of ether oxygens (including phenoxy) is 1. The lowest BCUT2D eigenvalue weighted by atomic mass is 9.86. The van der Waals surface area contributed by atoms with Gasteiger partial charge in [0, 0.05) is 32.3 Å². The molecule has 1 aromatic heterocycles. The molecule has 0 unspecified atom stereocenters. The Morgan fingerprint density at radius 2 is 2.05 bits per heavy atom. The van der Waals surface area contributed by atoms with Crippen LogP contribution in [0.3, 0.4) is 0 Å². The summed E-state index contributed by atoms with van der Waals surface area (Å²) >= 11 is 0. The number of nitrogens with one attached hydrogen (secondary N) is 1. The third-order valence-corrected chi connectivity index (χ3v) is 3.96. The zero-order valence-electron chi connectivity index (χ0n) is 12.9. The van der Waals surface area contributed by atoms with Gasteiger partial charge in [-0.05, 0) is 31.7 Å². The Balaban J connectivity index is 2.16. The molecular formula is C15H24N4O2. The summed E-state index contributed by atoms with van der Waals surface area (Å²) in [5, 5.41) is 2.99. The molecule has 1 fully saturated rings. The van der Waals surface area contributed by atoms with E-state index in [0.717, 1.165) is 31.4 Å². The lowest BCUT2D eigenvalue weighted by molar-refractivity contribution is -0.120. The van der Waals surface area contributed by atoms with Gasteiger partial charge in [0.1, 0.15) is 5.69 Å². The predicted octanol–water partition coefficient (Wildman–Crippen LogP) is 1.61. The first-order chi connectivity index (χ1) is 10.0. The minimum Gasteiger partial charge on any atom is -0.479 e. The minimum atomic E-state index is 0.0183. The van der Waals surface area contributed by atoms with Crippen LogP contribution >= 0.6 is 0 Å². The highest BCUT2D eigenvalue weighted by molar-refractivity contribution is 5.97. The Morgan fingerprint density at radius 3 is 2.62 bits per heavy atom. The van der Waals surface area contributed by atoms with Crippen LogP contribution in [0.15, 0.2) is 12.3 Å². The Labute approximate surface area is 125 Å². The number of amides is 1. The molecule has 1 aromatic rings. The maximum absolute atomic E-state index is 12.5. The maximum Gasteiger partial charge on any atom is 0.239 e. The lowest BCUT2D eigenvalue weighted by Crippen LogP contribution is -2.32. The van der Waals surface area contributed by atoms with E-state index in [9.17, 15) is 4.79 Å². The number of nitrogens with two attached hydrogens (primary N) is 1. The Hall–Kier alpha value is -1.82. The quantitative estimate of drug-likeness (QED) is 0.881. The molecule has 3 N–H and O–H groups in total. The first kappa shape index (κ1) is 15.6. The van der Waals surface area contributed by atoms with Crippen LogP contribution in [0, 0.1) is 5.92 Å². The zero-order valence-corrected chi connectivity index (χ0v) is 12.9. The van der Waals surface area contributed by atoms with Gasteiger partial charge in [0.05, 0.1) is 12.8 Å². The predicted molar refractivity (Wildman–Crippen MR) is 83.7 cm³/mol. The molecule has 116 valence electrons. The molecular weight excluding hydrogens is 268 g/mol. The number of hydrogen-bond donors (Lipinski definition) is 2. The van der Waals surface area contributed by atoms with E-state index in [-0.39, 0.29) is 17.9 Å². The van der Waals surface area contributed by atoms with Gasteiger partial charge < -0.3 is 20.7 Å². The highest BCUT2D eigenvalue weighted by Gasteiger charge is 2.26. The Morgan fingerprint density at radius 1 is 1.38 bits per heavy atom. The normalized spacial score (nSPS) is 21.7. The smallest absolute Gasteiger partial charge is 0.239 e. The number of carbonyl (C=O) groups excluding carboxylic acids is 1. The fourth-order valence-electron chi connectivity index (χ4n) is 2.68. The van der Waals surface area contributed by atoms with Crippen molar-refractivity contribution >= 4 is 17.3 Å². The van der Waals surface area contributed by atoms with E-state index in [0.29, 0.717) is 11.6 Å². The van der Waals surface area contributed by atoms with Crippen molar-refractivity contribution < 1.29 is 9.53 Å². The molecule has 6 nitrogen and oxygen atoms in total. The first-order valence-corrected chi connectivity index (χ1v) is 7.29. The average Bonchev–Trinajstić information content (AvgIpc) is 2.47. The van der Waals surface area contributed by atoms with Gasteiger partial charge in [-0.25, -0.2) is 4.98 Å². The average molecular weight is 292 g/mol. The number of carbonyl (C=O) groups is 1. The van der Waals surface area contributed by atoms with E-state index < -0.39 is 0 Å². The lowest BCUT2D eigenvalue weighted by Gasteiger charge is -2.26. The SMILES string of the molecule is COc1nccc(N(C)C)c1NC(=O)C1CCC(N)CC1. The Kier molecular flexibility index (Phi) is 5.01. The number of anilines is 2. The van der Waals surface area contributed by atoms with Gasteiger partial charge in [-0.2, -0.15) is 0 Å². The van der Waals surface area contributed by atoms with Crippen molar-refractivity contribution in [2.45, 2.75) is 31.7 Å². The highest BCUT2D eigenvalue weighted by atomic mass is 16.5. The van der Waals surface area contributed by atoms with Crippen molar-refractivity contribution in [2.75, 3.05) is 31.4 Å². The zero-order chi connectivity index (χ0) is 15.4. The largest absolute Gasteiger partial charge is 0.479 e. The van der Waals surface area contributed by atoms with Gasteiger partial charge >= 0.3 is 0 Å². The van der Waals surface area contributed by atoms with Gasteiger partial charge in [-0.15, -0.1) is 0 Å². The third kappa shape index (κ3) is 3.64. The summed E-state index contributed by atoms with van der Waals surface area (Å²) in [7, 11) is 5.39. The van der Waals surface area contributed by atoms with Crippen LogP contribution < -0.4 is 20.7 Å². The molecule has 1 aliphatic rings. The number of rotatable bonds is 4. The molecule has 1 aliphatic carbocycles. The molecule has 2 rings (SSSR count). The number of methoxy groups -OCH3 is 1. The second kappa shape index (κ2) is 6.76. The van der Waals surface area contributed by atoms with Crippen LogP contribution in [-0.2, 0) is 4.79 Å². The van der Waals surface area contributed by atoms with Crippen molar-refractivity contribution in [3.63, 3.8) is 0 Å². The first-order valence-electron chi connectivity index (χ1n) is 7.29. The second-order valence-electron chi connectivity index (χ2n) is 5.71. The number of hydrogen-bond acceptors (Lipinski definition) is 5. The molecule has 21 heavy (non-hydrogen) atoms. The van der Waals surface area contributed by atoms with E-state index in [2.05, 4.69) is 10.3 Å². The fraction of sp³-hybridized carbons (Fsp3) is 0.600. The topological polar surface area (TPSA) is 80.5 Å². The van der Waals surface area contributed by atoms with Gasteiger partial charge in [-0.1, -0.05) is 0 Å². The van der Waals surface area contributed by atoms with Crippen LogP contribution in [0.2, 0.25) is 0 Å². The molecule has 0 saturated heterocycles. The maximum atomic E-state index is 12.5. The van der Waals surface area contributed by atoms with E-state index >= 15 is 0 Å². The summed E-state index contributed by atoms with van der Waals surface area (Å²) in [6, 6.07) is 2.09. The summed E-state index contributed by atoms with van der Waals surface area (Å²) in [6.45, 7) is 0. The number of aromatic nitrogens is 1. The molecule has 1 saturated carbocycles. The van der Waals surface area contributed by atoms with Crippen molar-refractivity contribution in [1.29, 1.82) is 0 Å². The van der Waals surface area contributed by atoms with Crippen molar-refractivity contribution in [3.05, 3.63) is 12.3 Å². The van der Waals surface area contributed by atoms with E-state index in [1.807, 2.05) is 25.1 Å². The molecule has 0 aliphatic heterocycles. The molecule has 0 radical (unpaired) electrons. The molecule has 1 heterocycles. The number of pyridine rings is 1. The monoisotopic (exact) mass is 292 g/mol. The summed E-state index contributed by atoms with van der Waals surface area (Å²) in [5.41, 5.74) is 7.40. The van der Waals surface area contributed by atoms with Crippen LogP contribution in [0.4, 0.5) is 11.4 Å². The van der Waals surface area contributed by atoms with E-state index in [1.165, 1.54) is 0 Å². The Bertz CT molecular complexity index is 496. The summed E-state index contributed by atoms with van der Waals surface area (Å²) in [6.07, 6.45) is 5.16. The van der Waals surface area contributed by atoms with Crippen molar-refractivity contribution in [1.82, 2.24) is 4.98 Å². The van der Waals surface area contributed by atoms with E-state index in [4.69, 9.17) is 10.5 Å². The van der Waals surface area contributed by atoms with E-state index in [1.54, 1.807) is 13.3 Å². The minimum absolute atomic E-state index is 0.0183. The summed E-state index contributed by atoms with van der Waals surface area (Å²) in [4.78, 5) is 18.6. The molecule has 0 spiro atoms. The van der Waals surface area contributed by atoms with Crippen molar-refractivity contribution in [2.24, 2.45) is 11.7 Å². The molecule has 1 amide bonds. The molecule has 6 heteroatoms.